The van der Waals surface area contributed by atoms with Crippen molar-refractivity contribution in [1.29, 1.82) is 0 Å². The maximum atomic E-state index is 12.1. The molecule has 110 valence electrons. The quantitative estimate of drug-likeness (QED) is 0.822. The Hall–Kier alpha value is -1.66. The number of aliphatic hydroxyl groups is 1. The van der Waals surface area contributed by atoms with E-state index in [9.17, 15) is 9.90 Å². The molecule has 1 aliphatic heterocycles. The van der Waals surface area contributed by atoms with E-state index in [0.717, 1.165) is 0 Å². The zero-order valence-corrected chi connectivity index (χ0v) is 11.7. The highest BCUT2D eigenvalue weighted by Gasteiger charge is 2.32. The molecule has 0 radical (unpaired) electrons. The maximum Gasteiger partial charge on any atom is 0.228 e. The fourth-order valence-corrected chi connectivity index (χ4v) is 2.27. The summed E-state index contributed by atoms with van der Waals surface area (Å²) in [7, 11) is 1.70. The molecule has 0 spiro atoms. The Morgan fingerprint density at radius 1 is 1.50 bits per heavy atom. The third-order valence-corrected chi connectivity index (χ3v) is 3.56. The van der Waals surface area contributed by atoms with E-state index in [0.29, 0.717) is 44.0 Å². The third-order valence-electron chi connectivity index (χ3n) is 3.56. The number of hydrogen-bond acceptors (Lipinski definition) is 5. The number of nitrogens with zero attached hydrogens (tertiary/aromatic N) is 2. The van der Waals surface area contributed by atoms with Gasteiger partial charge in [0.2, 0.25) is 5.91 Å². The molecule has 1 amide bonds. The molecule has 6 nitrogen and oxygen atoms in total. The van der Waals surface area contributed by atoms with E-state index in [4.69, 9.17) is 10.5 Å². The highest BCUT2D eigenvalue weighted by atomic mass is 16.5. The molecule has 2 rings (SSSR count). The molecule has 0 unspecified atom stereocenters. The lowest BCUT2D eigenvalue weighted by atomic mass is 9.94. The Kier molecular flexibility index (Phi) is 4.57. The summed E-state index contributed by atoms with van der Waals surface area (Å²) in [5.74, 6) is -0.0674. The molecule has 20 heavy (non-hydrogen) atoms. The van der Waals surface area contributed by atoms with Crippen LogP contribution in [0.4, 0.5) is 5.69 Å². The topological polar surface area (TPSA) is 88.7 Å². The van der Waals surface area contributed by atoms with E-state index in [2.05, 4.69) is 4.98 Å². The van der Waals surface area contributed by atoms with Gasteiger partial charge >= 0.3 is 0 Å². The van der Waals surface area contributed by atoms with Gasteiger partial charge < -0.3 is 20.5 Å². The van der Waals surface area contributed by atoms with Crippen molar-refractivity contribution in [3.63, 3.8) is 0 Å². The van der Waals surface area contributed by atoms with E-state index < -0.39 is 5.60 Å². The molecule has 2 heterocycles. The van der Waals surface area contributed by atoms with Crippen molar-refractivity contribution >= 4 is 11.6 Å². The number of pyridine rings is 1. The van der Waals surface area contributed by atoms with Gasteiger partial charge in [-0.25, -0.2) is 0 Å². The molecule has 3 N–H and O–H groups in total. The number of nitrogens with two attached hydrogens (primary N) is 1. The fourth-order valence-electron chi connectivity index (χ4n) is 2.27. The molecule has 1 aromatic heterocycles. The Bertz CT molecular complexity index is 455. The number of carbonyl (C=O) groups is 1. The molecule has 1 aliphatic rings. The van der Waals surface area contributed by atoms with E-state index in [1.807, 2.05) is 0 Å². The van der Waals surface area contributed by atoms with Crippen LogP contribution in [-0.2, 0) is 16.0 Å². The van der Waals surface area contributed by atoms with Crippen molar-refractivity contribution in [3.8, 4) is 0 Å². The first-order valence-electron chi connectivity index (χ1n) is 6.73. The van der Waals surface area contributed by atoms with E-state index >= 15 is 0 Å². The molecule has 0 bridgehead atoms. The minimum Gasteiger partial charge on any atom is -0.397 e. The molecular weight excluding hydrogens is 258 g/mol. The van der Waals surface area contributed by atoms with Crippen LogP contribution in [0.1, 0.15) is 18.5 Å². The average molecular weight is 279 g/mol. The first-order valence-corrected chi connectivity index (χ1v) is 6.73. The first-order chi connectivity index (χ1) is 9.48. The summed E-state index contributed by atoms with van der Waals surface area (Å²) < 4.78 is 5.23. The van der Waals surface area contributed by atoms with Gasteiger partial charge in [0.15, 0.2) is 0 Å². The molecule has 0 aliphatic carbocycles. The van der Waals surface area contributed by atoms with Crippen molar-refractivity contribution in [2.24, 2.45) is 0 Å². The van der Waals surface area contributed by atoms with Gasteiger partial charge in [0.05, 0.1) is 23.9 Å². The second-order valence-electron chi connectivity index (χ2n) is 5.35. The molecule has 1 saturated heterocycles. The molecule has 0 saturated carbocycles. The number of rotatable bonds is 4. The van der Waals surface area contributed by atoms with Gasteiger partial charge in [-0.2, -0.15) is 0 Å². The summed E-state index contributed by atoms with van der Waals surface area (Å²) in [5.41, 5.74) is 5.97. The molecule has 1 aromatic rings. The van der Waals surface area contributed by atoms with Gasteiger partial charge in [0, 0.05) is 45.3 Å². The Labute approximate surface area is 118 Å². The van der Waals surface area contributed by atoms with Crippen LogP contribution in [0.2, 0.25) is 0 Å². The first kappa shape index (κ1) is 14.7. The summed E-state index contributed by atoms with van der Waals surface area (Å²) >= 11 is 0. The molecule has 0 atom stereocenters. The van der Waals surface area contributed by atoms with E-state index in [-0.39, 0.29) is 12.3 Å². The minimum atomic E-state index is -0.836. The zero-order chi connectivity index (χ0) is 14.6. The molecular formula is C14H21N3O3. The largest absolute Gasteiger partial charge is 0.397 e. The number of carbonyl (C=O) groups excluding carboxylic acids is 1. The second-order valence-corrected chi connectivity index (χ2v) is 5.35. The predicted octanol–water partition coefficient (Wildman–Crippen LogP) is 0.206. The van der Waals surface area contributed by atoms with Crippen LogP contribution in [-0.4, -0.2) is 53.3 Å². The molecule has 1 fully saturated rings. The van der Waals surface area contributed by atoms with Crippen LogP contribution >= 0.6 is 0 Å². The number of anilines is 1. The van der Waals surface area contributed by atoms with Crippen LogP contribution in [0.15, 0.2) is 18.3 Å². The van der Waals surface area contributed by atoms with Crippen LogP contribution in [0, 0.1) is 0 Å². The van der Waals surface area contributed by atoms with Crippen molar-refractivity contribution in [3.05, 3.63) is 24.0 Å². The molecule has 0 aromatic carbocycles. The smallest absolute Gasteiger partial charge is 0.228 e. The fraction of sp³-hybridized carbons (Fsp3) is 0.571. The van der Waals surface area contributed by atoms with Crippen molar-refractivity contribution in [2.45, 2.75) is 24.9 Å². The zero-order valence-electron chi connectivity index (χ0n) is 11.7. The maximum absolute atomic E-state index is 12.1. The third kappa shape index (κ3) is 3.91. The monoisotopic (exact) mass is 279 g/mol. The van der Waals surface area contributed by atoms with Crippen molar-refractivity contribution in [1.82, 2.24) is 9.88 Å². The minimum absolute atomic E-state index is 0.0674. The lowest BCUT2D eigenvalue weighted by molar-refractivity contribution is -0.136. The Morgan fingerprint density at radius 2 is 2.20 bits per heavy atom. The van der Waals surface area contributed by atoms with Crippen LogP contribution in [0.5, 0.6) is 0 Å². The number of likely N-dealkylation sites (N-methyl/N-ethyl adjacent to an activating group) is 1. The van der Waals surface area contributed by atoms with Gasteiger partial charge in [-0.1, -0.05) is 0 Å². The SMILES string of the molecule is CN(CC1(O)CCOCC1)C(=O)Cc1ccc(N)cn1. The highest BCUT2D eigenvalue weighted by Crippen LogP contribution is 2.21. The van der Waals surface area contributed by atoms with Crippen LogP contribution < -0.4 is 5.73 Å². The van der Waals surface area contributed by atoms with Gasteiger partial charge in [-0.15, -0.1) is 0 Å². The Balaban J connectivity index is 1.89. The standard InChI is InChI=1S/C14H21N3O3/c1-17(10-14(19)4-6-20-7-5-14)13(18)8-12-3-2-11(15)9-16-12/h2-3,9,19H,4-8,10,15H2,1H3. The van der Waals surface area contributed by atoms with Gasteiger partial charge in [0.25, 0.3) is 0 Å². The predicted molar refractivity (Wildman–Crippen MR) is 75.0 cm³/mol. The molecule has 6 heteroatoms. The van der Waals surface area contributed by atoms with E-state index in [1.165, 1.54) is 6.20 Å². The number of nitrogen functional groups attached to an aromatic ring is 1. The lowest BCUT2D eigenvalue weighted by Gasteiger charge is -2.35. The normalized spacial score (nSPS) is 17.7. The number of hydrogen-bond donors (Lipinski definition) is 2. The number of aromatic nitrogens is 1. The summed E-state index contributed by atoms with van der Waals surface area (Å²) in [5, 5.41) is 10.4. The van der Waals surface area contributed by atoms with Crippen LogP contribution in [0.3, 0.4) is 0 Å². The van der Waals surface area contributed by atoms with Crippen LogP contribution in [0.25, 0.3) is 0 Å². The number of ether oxygens (including phenoxy) is 1. The lowest BCUT2D eigenvalue weighted by Crippen LogP contribution is -2.47. The number of amides is 1. The second kappa shape index (κ2) is 6.19. The van der Waals surface area contributed by atoms with Crippen molar-refractivity contribution in [2.75, 3.05) is 32.5 Å². The summed E-state index contributed by atoms with van der Waals surface area (Å²) in [6.45, 7) is 1.40. The summed E-state index contributed by atoms with van der Waals surface area (Å²) in [6, 6.07) is 3.46. The highest BCUT2D eigenvalue weighted by molar-refractivity contribution is 5.78. The van der Waals surface area contributed by atoms with Crippen molar-refractivity contribution < 1.29 is 14.6 Å². The van der Waals surface area contributed by atoms with E-state index in [1.54, 1.807) is 24.1 Å². The average Bonchev–Trinajstić information content (AvgIpc) is 2.41. The van der Waals surface area contributed by atoms with Gasteiger partial charge in [-0.05, 0) is 12.1 Å². The van der Waals surface area contributed by atoms with Gasteiger partial charge in [0.1, 0.15) is 0 Å². The summed E-state index contributed by atoms with van der Waals surface area (Å²) in [4.78, 5) is 17.8. The Morgan fingerprint density at radius 3 is 2.80 bits per heavy atom. The van der Waals surface area contributed by atoms with Gasteiger partial charge in [-0.3, -0.25) is 9.78 Å². The summed E-state index contributed by atoms with van der Waals surface area (Å²) in [6.07, 6.45) is 2.87.